The second-order valence-corrected chi connectivity index (χ2v) is 3.92. The van der Waals surface area contributed by atoms with Crippen molar-refractivity contribution in [2.24, 2.45) is 0 Å². The van der Waals surface area contributed by atoms with Gasteiger partial charge >= 0.3 is 12.1 Å². The van der Waals surface area contributed by atoms with Crippen molar-refractivity contribution in [1.82, 2.24) is 0 Å². The van der Waals surface area contributed by atoms with Crippen LogP contribution >= 0.6 is 0 Å². The molecule has 1 aromatic heterocycles. The first-order valence-corrected chi connectivity index (χ1v) is 5.50. The molecule has 0 spiro atoms. The van der Waals surface area contributed by atoms with Gasteiger partial charge in [-0.05, 0) is 30.3 Å². The van der Waals surface area contributed by atoms with Gasteiger partial charge in [-0.2, -0.15) is 13.2 Å². The second kappa shape index (κ2) is 5.27. The number of furan rings is 1. The Bertz CT molecular complexity index is 677. The first-order valence-electron chi connectivity index (χ1n) is 5.50. The number of carbonyl (C=O) groups is 1. The Morgan fingerprint density at radius 1 is 1.14 bits per heavy atom. The van der Waals surface area contributed by atoms with Gasteiger partial charge in [0.2, 0.25) is 0 Å². The Balaban J connectivity index is 2.10. The number of nitrogens with zero attached hydrogens (tertiary/aromatic N) is 1. The molecular weight excluding hydrogens is 293 g/mol. The van der Waals surface area contributed by atoms with Crippen LogP contribution in [0, 0.1) is 10.1 Å². The molecule has 0 aliphatic rings. The standard InChI is InChI=1S/C12H7F3N2O4/c13-12(14,15)7-1-3-8(4-2-7)16-11(18)9-5-6-10(21-9)17(19)20/h1-6H,(H,16,18). The van der Waals surface area contributed by atoms with E-state index in [1.165, 1.54) is 0 Å². The maximum atomic E-state index is 12.4. The van der Waals surface area contributed by atoms with Crippen molar-refractivity contribution >= 4 is 17.5 Å². The van der Waals surface area contributed by atoms with E-state index < -0.39 is 28.5 Å². The Hall–Kier alpha value is -2.84. The molecule has 0 fully saturated rings. The molecule has 1 heterocycles. The molecule has 0 aliphatic carbocycles. The van der Waals surface area contributed by atoms with Crippen molar-refractivity contribution in [3.8, 4) is 0 Å². The number of alkyl halides is 3. The summed E-state index contributed by atoms with van der Waals surface area (Å²) >= 11 is 0. The summed E-state index contributed by atoms with van der Waals surface area (Å²) in [7, 11) is 0. The zero-order chi connectivity index (χ0) is 15.6. The highest BCUT2D eigenvalue weighted by atomic mass is 19.4. The van der Waals surface area contributed by atoms with Crippen LogP contribution in [-0.2, 0) is 6.18 Å². The first-order chi connectivity index (χ1) is 9.77. The van der Waals surface area contributed by atoms with Gasteiger partial charge in [-0.15, -0.1) is 0 Å². The summed E-state index contributed by atoms with van der Waals surface area (Å²) in [5.74, 6) is -1.72. The number of amides is 1. The van der Waals surface area contributed by atoms with Gasteiger partial charge in [0.15, 0.2) is 5.76 Å². The van der Waals surface area contributed by atoms with E-state index in [2.05, 4.69) is 9.73 Å². The lowest BCUT2D eigenvalue weighted by Crippen LogP contribution is -2.11. The summed E-state index contributed by atoms with van der Waals surface area (Å²) in [6.45, 7) is 0. The van der Waals surface area contributed by atoms with Crippen LogP contribution in [0.4, 0.5) is 24.7 Å². The summed E-state index contributed by atoms with van der Waals surface area (Å²) in [4.78, 5) is 21.3. The molecular formula is C12H7F3N2O4. The lowest BCUT2D eigenvalue weighted by Gasteiger charge is -2.07. The van der Waals surface area contributed by atoms with Gasteiger partial charge in [-0.1, -0.05) is 0 Å². The maximum Gasteiger partial charge on any atom is 0.433 e. The summed E-state index contributed by atoms with van der Waals surface area (Å²) in [5, 5.41) is 12.7. The molecule has 2 rings (SSSR count). The van der Waals surface area contributed by atoms with Crippen LogP contribution in [0.25, 0.3) is 0 Å². The molecule has 0 saturated carbocycles. The van der Waals surface area contributed by atoms with Crippen LogP contribution in [0.15, 0.2) is 40.8 Å². The second-order valence-electron chi connectivity index (χ2n) is 3.92. The third-order valence-electron chi connectivity index (χ3n) is 2.47. The van der Waals surface area contributed by atoms with Crippen LogP contribution in [0.5, 0.6) is 0 Å². The van der Waals surface area contributed by atoms with Gasteiger partial charge in [-0.3, -0.25) is 14.9 Å². The predicted octanol–water partition coefficient (Wildman–Crippen LogP) is 3.46. The maximum absolute atomic E-state index is 12.4. The first kappa shape index (κ1) is 14.6. The van der Waals surface area contributed by atoms with Crippen molar-refractivity contribution in [2.75, 3.05) is 5.32 Å². The SMILES string of the molecule is O=C(Nc1ccc(C(F)(F)F)cc1)c1ccc([N+](=O)[O-])o1. The van der Waals surface area contributed by atoms with Gasteiger partial charge in [0.25, 0.3) is 5.91 Å². The number of halogens is 3. The lowest BCUT2D eigenvalue weighted by molar-refractivity contribution is -0.402. The zero-order valence-electron chi connectivity index (χ0n) is 10.2. The smallest absolute Gasteiger partial charge is 0.395 e. The summed E-state index contributed by atoms with van der Waals surface area (Å²) < 4.78 is 41.7. The van der Waals surface area contributed by atoms with Gasteiger partial charge < -0.3 is 9.73 Å². The van der Waals surface area contributed by atoms with Gasteiger partial charge in [0, 0.05) is 5.69 Å². The molecule has 21 heavy (non-hydrogen) atoms. The average Bonchev–Trinajstić information content (AvgIpc) is 2.88. The largest absolute Gasteiger partial charge is 0.433 e. The highest BCUT2D eigenvalue weighted by Gasteiger charge is 2.30. The molecule has 0 unspecified atom stereocenters. The molecule has 9 heteroatoms. The number of hydrogen-bond donors (Lipinski definition) is 1. The molecule has 2 aromatic rings. The fourth-order valence-electron chi connectivity index (χ4n) is 1.48. The van der Waals surface area contributed by atoms with E-state index >= 15 is 0 Å². The van der Waals surface area contributed by atoms with E-state index in [0.717, 1.165) is 36.4 Å². The number of anilines is 1. The molecule has 0 saturated heterocycles. The van der Waals surface area contributed by atoms with Crippen LogP contribution in [0.1, 0.15) is 16.1 Å². The summed E-state index contributed by atoms with van der Waals surface area (Å²) in [6.07, 6.45) is -4.47. The van der Waals surface area contributed by atoms with Crippen LogP contribution in [-0.4, -0.2) is 10.8 Å². The highest BCUT2D eigenvalue weighted by molar-refractivity contribution is 6.02. The van der Waals surface area contributed by atoms with Crippen LogP contribution < -0.4 is 5.32 Å². The molecule has 0 atom stereocenters. The van der Waals surface area contributed by atoms with Crippen molar-refractivity contribution in [2.45, 2.75) is 6.18 Å². The quantitative estimate of drug-likeness (QED) is 0.694. The number of hydrogen-bond acceptors (Lipinski definition) is 4. The number of nitro groups is 1. The van der Waals surface area contributed by atoms with E-state index in [9.17, 15) is 28.1 Å². The van der Waals surface area contributed by atoms with E-state index in [4.69, 9.17) is 0 Å². The average molecular weight is 300 g/mol. The van der Waals surface area contributed by atoms with Crippen molar-refractivity contribution < 1.29 is 27.3 Å². The number of nitrogens with one attached hydrogen (secondary N) is 1. The van der Waals surface area contributed by atoms with E-state index in [1.807, 2.05) is 0 Å². The third-order valence-corrected chi connectivity index (χ3v) is 2.47. The number of benzene rings is 1. The molecule has 6 nitrogen and oxygen atoms in total. The molecule has 1 aromatic carbocycles. The van der Waals surface area contributed by atoms with E-state index in [-0.39, 0.29) is 11.4 Å². The van der Waals surface area contributed by atoms with Crippen molar-refractivity contribution in [3.63, 3.8) is 0 Å². The minimum absolute atomic E-state index is 0.104. The molecule has 1 N–H and O–H groups in total. The predicted molar refractivity (Wildman–Crippen MR) is 64.8 cm³/mol. The number of carbonyl (C=O) groups excluding carboxylic acids is 1. The Morgan fingerprint density at radius 3 is 2.24 bits per heavy atom. The highest BCUT2D eigenvalue weighted by Crippen LogP contribution is 2.29. The Labute approximate surface area is 115 Å². The Kier molecular flexibility index (Phi) is 3.66. The van der Waals surface area contributed by atoms with Gasteiger partial charge in [-0.25, -0.2) is 0 Å². The number of rotatable bonds is 3. The van der Waals surface area contributed by atoms with Crippen molar-refractivity contribution in [1.29, 1.82) is 0 Å². The third kappa shape index (κ3) is 3.38. The topological polar surface area (TPSA) is 85.4 Å². The Morgan fingerprint density at radius 2 is 1.76 bits per heavy atom. The minimum Gasteiger partial charge on any atom is -0.395 e. The van der Waals surface area contributed by atoms with Crippen LogP contribution in [0.2, 0.25) is 0 Å². The lowest BCUT2D eigenvalue weighted by atomic mass is 10.2. The van der Waals surface area contributed by atoms with Crippen LogP contribution in [0.3, 0.4) is 0 Å². The van der Waals surface area contributed by atoms with E-state index in [1.54, 1.807) is 0 Å². The van der Waals surface area contributed by atoms with E-state index in [0.29, 0.717) is 0 Å². The summed E-state index contributed by atoms with van der Waals surface area (Å²) in [5.41, 5.74) is -0.749. The zero-order valence-corrected chi connectivity index (χ0v) is 10.2. The fraction of sp³-hybridized carbons (Fsp3) is 0.0833. The normalized spacial score (nSPS) is 11.2. The van der Waals surface area contributed by atoms with Gasteiger partial charge in [0.1, 0.15) is 4.92 Å². The summed E-state index contributed by atoms with van der Waals surface area (Å²) in [6, 6.07) is 5.84. The monoisotopic (exact) mass is 300 g/mol. The molecule has 0 bridgehead atoms. The minimum atomic E-state index is -4.47. The van der Waals surface area contributed by atoms with Gasteiger partial charge in [0.05, 0.1) is 11.6 Å². The fourth-order valence-corrected chi connectivity index (χ4v) is 1.48. The van der Waals surface area contributed by atoms with Crippen molar-refractivity contribution in [3.05, 3.63) is 57.8 Å². The molecule has 0 radical (unpaired) electrons. The molecule has 0 aliphatic heterocycles. The molecule has 1 amide bonds. The molecule has 110 valence electrons.